The van der Waals surface area contributed by atoms with Crippen molar-refractivity contribution in [1.29, 1.82) is 0 Å². The number of carbonyl (C=O) groups excluding carboxylic acids is 1. The molecule has 8 nitrogen and oxygen atoms in total. The lowest BCUT2D eigenvalue weighted by atomic mass is 10.1. The average Bonchev–Trinajstić information content (AvgIpc) is 2.83. The molecule has 3 aromatic carbocycles. The number of ether oxygens (including phenoxy) is 3. The van der Waals surface area contributed by atoms with Crippen LogP contribution in [0.5, 0.6) is 17.2 Å². The minimum Gasteiger partial charge on any atom is -0.491 e. The SMILES string of the molecule is CS(=O)(=O)N(CCCC(=O)NCCOc1cccc2ccccc12)c1ccc2c(c1)OCCO2. The maximum absolute atomic E-state index is 12.4. The van der Waals surface area contributed by atoms with Gasteiger partial charge >= 0.3 is 0 Å². The molecule has 0 radical (unpaired) electrons. The van der Waals surface area contributed by atoms with Crippen LogP contribution >= 0.6 is 0 Å². The predicted octanol–water partition coefficient (Wildman–Crippen LogP) is 3.35. The van der Waals surface area contributed by atoms with Gasteiger partial charge in [0.25, 0.3) is 0 Å². The molecule has 0 saturated heterocycles. The molecule has 0 fully saturated rings. The molecule has 1 heterocycles. The molecule has 0 aliphatic carbocycles. The van der Waals surface area contributed by atoms with Crippen molar-refractivity contribution in [3.8, 4) is 17.2 Å². The fourth-order valence-electron chi connectivity index (χ4n) is 3.82. The summed E-state index contributed by atoms with van der Waals surface area (Å²) in [4.78, 5) is 12.3. The van der Waals surface area contributed by atoms with E-state index < -0.39 is 10.0 Å². The lowest BCUT2D eigenvalue weighted by Crippen LogP contribution is -2.33. The Labute approximate surface area is 199 Å². The monoisotopic (exact) mass is 484 g/mol. The summed E-state index contributed by atoms with van der Waals surface area (Å²) in [6, 6.07) is 18.9. The van der Waals surface area contributed by atoms with E-state index in [0.717, 1.165) is 22.8 Å². The molecule has 0 aromatic heterocycles. The minimum absolute atomic E-state index is 0.155. The lowest BCUT2D eigenvalue weighted by molar-refractivity contribution is -0.121. The molecule has 4 rings (SSSR count). The Bertz CT molecular complexity index is 1260. The number of hydrogen-bond donors (Lipinski definition) is 1. The molecule has 180 valence electrons. The van der Waals surface area contributed by atoms with E-state index in [4.69, 9.17) is 14.2 Å². The number of carbonyl (C=O) groups is 1. The third kappa shape index (κ3) is 5.91. The standard InChI is InChI=1S/C25H28N2O6S/c1-34(29,30)27(20-11-12-23-24(18-20)33-17-16-32-23)14-5-10-25(28)26-13-15-31-22-9-4-7-19-6-2-3-8-21(19)22/h2-4,6-9,11-12,18H,5,10,13-17H2,1H3,(H,26,28). The Morgan fingerprint density at radius 3 is 2.62 bits per heavy atom. The van der Waals surface area contributed by atoms with Gasteiger partial charge in [0.1, 0.15) is 25.6 Å². The average molecular weight is 485 g/mol. The number of sulfonamides is 1. The van der Waals surface area contributed by atoms with Crippen molar-refractivity contribution >= 4 is 32.4 Å². The highest BCUT2D eigenvalue weighted by Crippen LogP contribution is 2.34. The van der Waals surface area contributed by atoms with Gasteiger partial charge in [-0.1, -0.05) is 36.4 Å². The van der Waals surface area contributed by atoms with Crippen molar-refractivity contribution in [2.75, 3.05) is 43.5 Å². The van der Waals surface area contributed by atoms with E-state index in [-0.39, 0.29) is 18.9 Å². The summed E-state index contributed by atoms with van der Waals surface area (Å²) in [6.07, 6.45) is 1.72. The molecule has 1 amide bonds. The number of fused-ring (bicyclic) bond motifs is 2. The van der Waals surface area contributed by atoms with Crippen LogP contribution in [0.3, 0.4) is 0 Å². The largest absolute Gasteiger partial charge is 0.491 e. The van der Waals surface area contributed by atoms with Gasteiger partial charge in [-0.2, -0.15) is 0 Å². The highest BCUT2D eigenvalue weighted by Gasteiger charge is 2.21. The summed E-state index contributed by atoms with van der Waals surface area (Å²) in [5.41, 5.74) is 0.482. The quantitative estimate of drug-likeness (QED) is 0.444. The number of rotatable bonds is 10. The van der Waals surface area contributed by atoms with Crippen molar-refractivity contribution in [2.45, 2.75) is 12.8 Å². The summed E-state index contributed by atoms with van der Waals surface area (Å²) >= 11 is 0. The smallest absolute Gasteiger partial charge is 0.232 e. The Morgan fingerprint density at radius 1 is 1.03 bits per heavy atom. The lowest BCUT2D eigenvalue weighted by Gasteiger charge is -2.25. The number of anilines is 1. The molecule has 3 aromatic rings. The van der Waals surface area contributed by atoms with Crippen molar-refractivity contribution in [3.63, 3.8) is 0 Å². The summed E-state index contributed by atoms with van der Waals surface area (Å²) in [6.45, 7) is 1.76. The van der Waals surface area contributed by atoms with E-state index in [0.29, 0.717) is 50.0 Å². The predicted molar refractivity (Wildman–Crippen MR) is 131 cm³/mol. The van der Waals surface area contributed by atoms with Crippen LogP contribution in [0, 0.1) is 0 Å². The van der Waals surface area contributed by atoms with Gasteiger partial charge < -0.3 is 19.5 Å². The molecule has 34 heavy (non-hydrogen) atoms. The molecule has 0 unspecified atom stereocenters. The highest BCUT2D eigenvalue weighted by atomic mass is 32.2. The molecule has 0 saturated carbocycles. The minimum atomic E-state index is -3.53. The summed E-state index contributed by atoms with van der Waals surface area (Å²) in [5, 5.41) is 4.94. The number of nitrogens with zero attached hydrogens (tertiary/aromatic N) is 1. The van der Waals surface area contributed by atoms with Crippen LogP contribution in [0.1, 0.15) is 12.8 Å². The number of benzene rings is 3. The van der Waals surface area contributed by atoms with Crippen LogP contribution in [0.15, 0.2) is 60.7 Å². The zero-order valence-electron chi connectivity index (χ0n) is 19.0. The van der Waals surface area contributed by atoms with Gasteiger partial charge in [-0.05, 0) is 30.0 Å². The van der Waals surface area contributed by atoms with Gasteiger partial charge in [0.2, 0.25) is 15.9 Å². The molecule has 0 atom stereocenters. The summed E-state index contributed by atoms with van der Waals surface area (Å²) in [7, 11) is -3.53. The fourth-order valence-corrected chi connectivity index (χ4v) is 4.78. The van der Waals surface area contributed by atoms with E-state index in [1.165, 1.54) is 4.31 Å². The summed E-state index contributed by atoms with van der Waals surface area (Å²) in [5.74, 6) is 1.72. The normalized spacial score (nSPS) is 12.9. The summed E-state index contributed by atoms with van der Waals surface area (Å²) < 4.78 is 42.9. The first-order chi connectivity index (χ1) is 16.4. The first-order valence-corrected chi connectivity index (χ1v) is 13.0. The van der Waals surface area contributed by atoms with Gasteiger partial charge in [0.05, 0.1) is 18.5 Å². The molecule has 0 spiro atoms. The Hall–Kier alpha value is -3.46. The van der Waals surface area contributed by atoms with E-state index >= 15 is 0 Å². The molecule has 1 aliphatic heterocycles. The Kier molecular flexibility index (Phi) is 7.42. The third-order valence-corrected chi connectivity index (χ3v) is 6.60. The van der Waals surface area contributed by atoms with Crippen LogP contribution in [0.4, 0.5) is 5.69 Å². The molecule has 1 N–H and O–H groups in total. The van der Waals surface area contributed by atoms with Gasteiger partial charge in [-0.25, -0.2) is 8.42 Å². The van der Waals surface area contributed by atoms with E-state index in [1.807, 2.05) is 42.5 Å². The van der Waals surface area contributed by atoms with Gasteiger partial charge in [0, 0.05) is 24.4 Å². The van der Waals surface area contributed by atoms with Gasteiger partial charge in [-0.3, -0.25) is 9.10 Å². The van der Waals surface area contributed by atoms with E-state index in [9.17, 15) is 13.2 Å². The maximum Gasteiger partial charge on any atom is 0.232 e. The van der Waals surface area contributed by atoms with Crippen LogP contribution in [-0.2, 0) is 14.8 Å². The first kappa shape index (κ1) is 23.7. The number of amides is 1. The third-order valence-electron chi connectivity index (χ3n) is 5.41. The second kappa shape index (κ2) is 10.6. The molecular formula is C25H28N2O6S. The molecule has 1 aliphatic rings. The number of hydrogen-bond acceptors (Lipinski definition) is 6. The van der Waals surface area contributed by atoms with Crippen LogP contribution in [0.2, 0.25) is 0 Å². The zero-order chi connectivity index (χ0) is 24.0. The van der Waals surface area contributed by atoms with Crippen molar-refractivity contribution in [2.24, 2.45) is 0 Å². The first-order valence-electron chi connectivity index (χ1n) is 11.2. The second-order valence-electron chi connectivity index (χ2n) is 7.94. The second-order valence-corrected chi connectivity index (χ2v) is 9.85. The molecular weight excluding hydrogens is 456 g/mol. The molecule has 9 heteroatoms. The van der Waals surface area contributed by atoms with Crippen LogP contribution < -0.4 is 23.8 Å². The fraction of sp³-hybridized carbons (Fsp3) is 0.320. The Balaban J connectivity index is 1.25. The van der Waals surface area contributed by atoms with Gasteiger partial charge in [-0.15, -0.1) is 0 Å². The van der Waals surface area contributed by atoms with Crippen molar-refractivity contribution < 1.29 is 27.4 Å². The zero-order valence-corrected chi connectivity index (χ0v) is 19.8. The highest BCUT2D eigenvalue weighted by molar-refractivity contribution is 7.92. The van der Waals surface area contributed by atoms with Crippen molar-refractivity contribution in [3.05, 3.63) is 60.7 Å². The van der Waals surface area contributed by atoms with E-state index in [1.54, 1.807) is 18.2 Å². The van der Waals surface area contributed by atoms with Crippen LogP contribution in [-0.4, -0.2) is 53.5 Å². The number of nitrogens with one attached hydrogen (secondary N) is 1. The Morgan fingerprint density at radius 2 is 1.79 bits per heavy atom. The van der Waals surface area contributed by atoms with Crippen LogP contribution in [0.25, 0.3) is 10.8 Å². The van der Waals surface area contributed by atoms with Crippen molar-refractivity contribution in [1.82, 2.24) is 5.32 Å². The van der Waals surface area contributed by atoms with E-state index in [2.05, 4.69) is 5.32 Å². The maximum atomic E-state index is 12.4. The molecule has 0 bridgehead atoms. The topological polar surface area (TPSA) is 94.2 Å². The van der Waals surface area contributed by atoms with Gasteiger partial charge in [0.15, 0.2) is 11.5 Å².